The summed E-state index contributed by atoms with van der Waals surface area (Å²) >= 11 is 0. The highest BCUT2D eigenvalue weighted by Gasteiger charge is 2.34. The van der Waals surface area contributed by atoms with Crippen LogP contribution in [0.15, 0.2) is 42.5 Å². The molecule has 0 heterocycles. The van der Waals surface area contributed by atoms with Gasteiger partial charge in [-0.2, -0.15) is 0 Å². The lowest BCUT2D eigenvalue weighted by Gasteiger charge is -2.33. The normalized spacial score (nSPS) is 14.9. The van der Waals surface area contributed by atoms with E-state index in [0.29, 0.717) is 6.61 Å². The zero-order valence-electron chi connectivity index (χ0n) is 11.2. The van der Waals surface area contributed by atoms with Crippen molar-refractivity contribution in [3.8, 4) is 0 Å². The second-order valence-electron chi connectivity index (χ2n) is 5.04. The molecule has 0 aliphatic heterocycles. The molecule has 0 bridgehead atoms. The van der Waals surface area contributed by atoms with Crippen molar-refractivity contribution in [3.05, 3.63) is 48.0 Å². The molecule has 0 amide bonds. The molecule has 2 aromatic rings. The van der Waals surface area contributed by atoms with E-state index in [1.165, 1.54) is 0 Å². The van der Waals surface area contributed by atoms with Crippen LogP contribution in [0.1, 0.15) is 19.4 Å². The summed E-state index contributed by atoms with van der Waals surface area (Å²) in [5.74, 6) is 0.0863. The molecule has 2 nitrogen and oxygen atoms in total. The van der Waals surface area contributed by atoms with Crippen LogP contribution >= 0.6 is 0 Å². The third kappa shape index (κ3) is 2.14. The molecule has 0 saturated heterocycles. The smallest absolute Gasteiger partial charge is 0.116 e. The van der Waals surface area contributed by atoms with Crippen molar-refractivity contribution >= 4 is 10.8 Å². The minimum absolute atomic E-state index is 0.0863. The molecule has 2 heteroatoms. The van der Waals surface area contributed by atoms with Gasteiger partial charge in [0.25, 0.3) is 0 Å². The Balaban J connectivity index is 2.64. The molecule has 0 saturated carbocycles. The molecule has 18 heavy (non-hydrogen) atoms. The number of rotatable bonds is 4. The minimum Gasteiger partial charge on any atom is -0.382 e. The number of aliphatic hydroxyl groups is 1. The standard InChI is InChI=1S/C16H20O2/c1-12(2)16(17,11-18-3)15-10-6-8-13-7-4-5-9-14(13)15/h4-10,12,17H,11H2,1-3H3. The van der Waals surface area contributed by atoms with E-state index in [4.69, 9.17) is 4.74 Å². The Labute approximate surface area is 108 Å². The minimum atomic E-state index is -0.949. The molecule has 2 aromatic carbocycles. The van der Waals surface area contributed by atoms with Crippen molar-refractivity contribution in [2.24, 2.45) is 5.92 Å². The predicted octanol–water partition coefficient (Wildman–Crippen LogP) is 3.33. The molecule has 0 aliphatic rings. The molecule has 96 valence electrons. The number of methoxy groups -OCH3 is 1. The Morgan fingerprint density at radius 2 is 1.78 bits per heavy atom. The molecule has 0 spiro atoms. The van der Waals surface area contributed by atoms with Gasteiger partial charge in [0.15, 0.2) is 0 Å². The van der Waals surface area contributed by atoms with Crippen LogP contribution in [0.5, 0.6) is 0 Å². The molecular formula is C16H20O2. The van der Waals surface area contributed by atoms with Crippen LogP contribution in [-0.2, 0) is 10.3 Å². The summed E-state index contributed by atoms with van der Waals surface area (Å²) in [6.45, 7) is 4.33. The van der Waals surface area contributed by atoms with Gasteiger partial charge in [0.05, 0.1) is 6.61 Å². The van der Waals surface area contributed by atoms with Crippen molar-refractivity contribution in [1.29, 1.82) is 0 Å². The first-order valence-corrected chi connectivity index (χ1v) is 6.29. The van der Waals surface area contributed by atoms with Gasteiger partial charge in [-0.15, -0.1) is 0 Å². The van der Waals surface area contributed by atoms with E-state index in [-0.39, 0.29) is 5.92 Å². The lowest BCUT2D eigenvalue weighted by molar-refractivity contribution is -0.0689. The van der Waals surface area contributed by atoms with Gasteiger partial charge in [-0.3, -0.25) is 0 Å². The largest absolute Gasteiger partial charge is 0.382 e. The van der Waals surface area contributed by atoms with Crippen LogP contribution in [0.25, 0.3) is 10.8 Å². The van der Waals surface area contributed by atoms with Crippen LogP contribution in [0.2, 0.25) is 0 Å². The Morgan fingerprint density at radius 3 is 2.44 bits per heavy atom. The van der Waals surface area contributed by atoms with E-state index in [1.807, 2.05) is 44.2 Å². The molecule has 2 rings (SSSR count). The fourth-order valence-corrected chi connectivity index (χ4v) is 2.38. The summed E-state index contributed by atoms with van der Waals surface area (Å²) in [5.41, 5.74) is -0.00671. The Hall–Kier alpha value is -1.38. The zero-order chi connectivity index (χ0) is 13.2. The first-order chi connectivity index (χ1) is 8.59. The summed E-state index contributed by atoms with van der Waals surface area (Å²) in [6.07, 6.45) is 0. The summed E-state index contributed by atoms with van der Waals surface area (Å²) in [6, 6.07) is 14.2. The van der Waals surface area contributed by atoms with Crippen LogP contribution in [0.3, 0.4) is 0 Å². The van der Waals surface area contributed by atoms with Gasteiger partial charge in [0.1, 0.15) is 5.60 Å². The molecule has 1 atom stereocenters. The molecule has 0 fully saturated rings. The van der Waals surface area contributed by atoms with Crippen molar-refractivity contribution in [2.45, 2.75) is 19.4 Å². The predicted molar refractivity (Wildman–Crippen MR) is 74.6 cm³/mol. The lowest BCUT2D eigenvalue weighted by Crippen LogP contribution is -2.37. The topological polar surface area (TPSA) is 29.5 Å². The van der Waals surface area contributed by atoms with Gasteiger partial charge < -0.3 is 9.84 Å². The number of benzene rings is 2. The maximum absolute atomic E-state index is 10.9. The Morgan fingerprint density at radius 1 is 1.11 bits per heavy atom. The molecule has 1 unspecified atom stereocenters. The quantitative estimate of drug-likeness (QED) is 0.894. The van der Waals surface area contributed by atoms with Gasteiger partial charge in [-0.1, -0.05) is 56.3 Å². The Kier molecular flexibility index (Phi) is 3.69. The van der Waals surface area contributed by atoms with Gasteiger partial charge >= 0.3 is 0 Å². The van der Waals surface area contributed by atoms with E-state index >= 15 is 0 Å². The van der Waals surface area contributed by atoms with Crippen molar-refractivity contribution < 1.29 is 9.84 Å². The van der Waals surface area contributed by atoms with E-state index < -0.39 is 5.60 Å². The highest BCUT2D eigenvalue weighted by atomic mass is 16.5. The number of hydrogen-bond donors (Lipinski definition) is 1. The summed E-state index contributed by atoms with van der Waals surface area (Å²) in [5, 5.41) is 13.2. The average Bonchev–Trinajstić information content (AvgIpc) is 2.38. The third-order valence-corrected chi connectivity index (χ3v) is 3.58. The molecule has 1 N–H and O–H groups in total. The lowest BCUT2D eigenvalue weighted by atomic mass is 9.81. The van der Waals surface area contributed by atoms with Crippen molar-refractivity contribution in [3.63, 3.8) is 0 Å². The van der Waals surface area contributed by atoms with Gasteiger partial charge in [0, 0.05) is 7.11 Å². The van der Waals surface area contributed by atoms with Crippen LogP contribution < -0.4 is 0 Å². The monoisotopic (exact) mass is 244 g/mol. The van der Waals surface area contributed by atoms with E-state index in [0.717, 1.165) is 16.3 Å². The average molecular weight is 244 g/mol. The van der Waals surface area contributed by atoms with E-state index in [1.54, 1.807) is 7.11 Å². The van der Waals surface area contributed by atoms with Crippen molar-refractivity contribution in [2.75, 3.05) is 13.7 Å². The molecule has 0 aliphatic carbocycles. The first-order valence-electron chi connectivity index (χ1n) is 6.29. The summed E-state index contributed by atoms with van der Waals surface area (Å²) in [7, 11) is 1.62. The number of hydrogen-bond acceptors (Lipinski definition) is 2. The number of fused-ring (bicyclic) bond motifs is 1. The Bertz CT molecular complexity index is 528. The van der Waals surface area contributed by atoms with Crippen LogP contribution in [0.4, 0.5) is 0 Å². The van der Waals surface area contributed by atoms with Crippen molar-refractivity contribution in [1.82, 2.24) is 0 Å². The molecule has 0 radical (unpaired) electrons. The number of ether oxygens (including phenoxy) is 1. The van der Waals surface area contributed by atoms with Crippen LogP contribution in [-0.4, -0.2) is 18.8 Å². The van der Waals surface area contributed by atoms with Gasteiger partial charge in [-0.25, -0.2) is 0 Å². The fraction of sp³-hybridized carbons (Fsp3) is 0.375. The van der Waals surface area contributed by atoms with Gasteiger partial charge in [-0.05, 0) is 22.3 Å². The summed E-state index contributed by atoms with van der Waals surface area (Å²) in [4.78, 5) is 0. The molecule has 0 aromatic heterocycles. The highest BCUT2D eigenvalue weighted by Crippen LogP contribution is 2.34. The molecular weight excluding hydrogens is 224 g/mol. The summed E-state index contributed by atoms with van der Waals surface area (Å²) < 4.78 is 5.22. The third-order valence-electron chi connectivity index (χ3n) is 3.58. The fourth-order valence-electron chi connectivity index (χ4n) is 2.38. The van der Waals surface area contributed by atoms with E-state index in [2.05, 4.69) is 12.1 Å². The second kappa shape index (κ2) is 5.09. The first kappa shape index (κ1) is 13.1. The van der Waals surface area contributed by atoms with E-state index in [9.17, 15) is 5.11 Å². The van der Waals surface area contributed by atoms with Gasteiger partial charge in [0.2, 0.25) is 0 Å². The highest BCUT2D eigenvalue weighted by molar-refractivity contribution is 5.86. The maximum atomic E-state index is 10.9. The maximum Gasteiger partial charge on any atom is 0.116 e. The second-order valence-corrected chi connectivity index (χ2v) is 5.04. The zero-order valence-corrected chi connectivity index (χ0v) is 11.2. The van der Waals surface area contributed by atoms with Crippen LogP contribution in [0, 0.1) is 5.92 Å². The SMILES string of the molecule is COCC(O)(c1cccc2ccccc12)C(C)C.